The van der Waals surface area contributed by atoms with Crippen molar-refractivity contribution in [2.75, 3.05) is 19.5 Å². The van der Waals surface area contributed by atoms with Gasteiger partial charge in [0, 0.05) is 0 Å². The Kier molecular flexibility index (Phi) is 8.10. The molecule has 0 aliphatic carbocycles. The number of aromatic nitrogens is 2. The summed E-state index contributed by atoms with van der Waals surface area (Å²) < 4.78 is 11.1. The molecule has 0 atom stereocenters. The molecule has 0 aliphatic heterocycles. The van der Waals surface area contributed by atoms with Crippen LogP contribution in [0.1, 0.15) is 26.3 Å². The summed E-state index contributed by atoms with van der Waals surface area (Å²) in [6.07, 6.45) is 0. The number of hydrogen-bond donors (Lipinski definition) is 1. The van der Waals surface area contributed by atoms with E-state index in [4.69, 9.17) is 33.7 Å². The van der Waals surface area contributed by atoms with Crippen LogP contribution in [0.4, 0.5) is 5.82 Å². The number of rotatable bonds is 8. The molecule has 0 bridgehead atoms. The summed E-state index contributed by atoms with van der Waals surface area (Å²) >= 11 is 11.7. The molecule has 0 unspecified atom stereocenters. The van der Waals surface area contributed by atoms with Crippen LogP contribution in [-0.4, -0.2) is 40.6 Å². The Hall–Kier alpha value is -3.89. The van der Waals surface area contributed by atoms with Crippen molar-refractivity contribution in [3.63, 3.8) is 0 Å². The molecule has 1 aromatic heterocycles. The summed E-state index contributed by atoms with van der Waals surface area (Å²) in [5.41, 5.74) is 4.10. The standard InChI is InChI=1S/C23H19Cl2N3O7/c1-34-18(30)11-28-21(31)19(20(26)27(23(28)33)10-13-5-3-2-4-6-13)17(29)12-35-22(32)14-7-8-15(24)16(25)9-14/h2-9H,10-12,26H2,1H3. The minimum absolute atomic E-state index is 0.0253. The Bertz CT molecular complexity index is 1420. The molecular weight excluding hydrogens is 501 g/mol. The maximum atomic E-state index is 13.0. The van der Waals surface area contributed by atoms with Crippen molar-refractivity contribution in [2.24, 2.45) is 0 Å². The van der Waals surface area contributed by atoms with Crippen molar-refractivity contribution in [1.29, 1.82) is 0 Å². The Balaban J connectivity index is 1.98. The van der Waals surface area contributed by atoms with Crippen molar-refractivity contribution in [1.82, 2.24) is 9.13 Å². The third-order valence-electron chi connectivity index (χ3n) is 4.93. The van der Waals surface area contributed by atoms with Gasteiger partial charge in [0.25, 0.3) is 5.56 Å². The van der Waals surface area contributed by atoms with E-state index in [1.54, 1.807) is 30.3 Å². The van der Waals surface area contributed by atoms with E-state index in [0.717, 1.165) is 11.7 Å². The molecule has 2 N–H and O–H groups in total. The smallest absolute Gasteiger partial charge is 0.338 e. The maximum absolute atomic E-state index is 13.0. The normalized spacial score (nSPS) is 10.6. The molecule has 0 saturated carbocycles. The molecule has 0 radical (unpaired) electrons. The van der Waals surface area contributed by atoms with Gasteiger partial charge >= 0.3 is 17.6 Å². The van der Waals surface area contributed by atoms with Crippen LogP contribution in [0, 0.1) is 0 Å². The number of carbonyl (C=O) groups excluding carboxylic acids is 3. The summed E-state index contributed by atoms with van der Waals surface area (Å²) in [7, 11) is 1.09. The number of Topliss-reactive ketones (excluding diaryl/α,β-unsaturated/α-hetero) is 1. The van der Waals surface area contributed by atoms with E-state index >= 15 is 0 Å². The van der Waals surface area contributed by atoms with E-state index < -0.39 is 53.5 Å². The van der Waals surface area contributed by atoms with E-state index in [2.05, 4.69) is 4.74 Å². The molecule has 2 aromatic carbocycles. The first-order valence-electron chi connectivity index (χ1n) is 10.0. The average molecular weight is 520 g/mol. The van der Waals surface area contributed by atoms with Crippen molar-refractivity contribution in [3.8, 4) is 0 Å². The highest BCUT2D eigenvalue weighted by atomic mass is 35.5. The lowest BCUT2D eigenvalue weighted by Crippen LogP contribution is -2.46. The molecule has 1 heterocycles. The monoisotopic (exact) mass is 519 g/mol. The van der Waals surface area contributed by atoms with E-state index in [1.807, 2.05) is 0 Å². The molecule has 0 spiro atoms. The highest BCUT2D eigenvalue weighted by molar-refractivity contribution is 6.42. The van der Waals surface area contributed by atoms with E-state index in [0.29, 0.717) is 10.1 Å². The van der Waals surface area contributed by atoms with E-state index in [9.17, 15) is 24.0 Å². The number of ketones is 1. The average Bonchev–Trinajstić information content (AvgIpc) is 2.85. The second-order valence-corrected chi connectivity index (χ2v) is 8.02. The first-order chi connectivity index (χ1) is 16.6. The van der Waals surface area contributed by atoms with Crippen molar-refractivity contribution < 1.29 is 23.9 Å². The number of carbonyl (C=O) groups is 3. The second kappa shape index (κ2) is 11.0. The number of nitrogen functional groups attached to an aromatic ring is 1. The Morgan fingerprint density at radius 2 is 1.66 bits per heavy atom. The van der Waals surface area contributed by atoms with Crippen molar-refractivity contribution in [2.45, 2.75) is 13.1 Å². The van der Waals surface area contributed by atoms with Crippen LogP contribution in [0.25, 0.3) is 0 Å². The third-order valence-corrected chi connectivity index (χ3v) is 5.67. The molecule has 0 saturated heterocycles. The lowest BCUT2D eigenvalue weighted by molar-refractivity contribution is -0.141. The second-order valence-electron chi connectivity index (χ2n) is 7.21. The molecule has 12 heteroatoms. The number of methoxy groups -OCH3 is 1. The number of nitrogens with two attached hydrogens (primary N) is 1. The zero-order chi connectivity index (χ0) is 25.7. The summed E-state index contributed by atoms with van der Waals surface area (Å²) in [6, 6.07) is 12.6. The van der Waals surface area contributed by atoms with Gasteiger partial charge < -0.3 is 15.2 Å². The maximum Gasteiger partial charge on any atom is 0.338 e. The SMILES string of the molecule is COC(=O)Cn1c(=O)c(C(=O)COC(=O)c2ccc(Cl)c(Cl)c2)c(N)n(Cc2ccccc2)c1=O. The van der Waals surface area contributed by atoms with Crippen LogP contribution in [0.5, 0.6) is 0 Å². The van der Waals surface area contributed by atoms with Crippen molar-refractivity contribution in [3.05, 3.63) is 96.1 Å². The summed E-state index contributed by atoms with van der Waals surface area (Å²) in [5.74, 6) is -3.19. The number of nitrogens with zero attached hydrogens (tertiary/aromatic N) is 2. The van der Waals surface area contributed by atoms with Gasteiger partial charge in [0.2, 0.25) is 5.78 Å². The van der Waals surface area contributed by atoms with Gasteiger partial charge in [-0.15, -0.1) is 0 Å². The van der Waals surface area contributed by atoms with Gasteiger partial charge in [-0.3, -0.25) is 19.0 Å². The quantitative estimate of drug-likeness (QED) is 0.352. The predicted molar refractivity (Wildman–Crippen MR) is 128 cm³/mol. The molecule has 0 aliphatic rings. The van der Waals surface area contributed by atoms with Gasteiger partial charge in [0.15, 0.2) is 6.61 Å². The van der Waals surface area contributed by atoms with Crippen LogP contribution in [0.15, 0.2) is 58.1 Å². The van der Waals surface area contributed by atoms with Crippen LogP contribution in [0.3, 0.4) is 0 Å². The zero-order valence-electron chi connectivity index (χ0n) is 18.3. The molecular formula is C23H19Cl2N3O7. The van der Waals surface area contributed by atoms with Gasteiger partial charge in [-0.1, -0.05) is 53.5 Å². The molecule has 182 valence electrons. The van der Waals surface area contributed by atoms with E-state index in [1.165, 1.54) is 18.2 Å². The molecule has 35 heavy (non-hydrogen) atoms. The Morgan fingerprint density at radius 1 is 0.971 bits per heavy atom. The zero-order valence-corrected chi connectivity index (χ0v) is 19.8. The first-order valence-corrected chi connectivity index (χ1v) is 10.8. The highest BCUT2D eigenvalue weighted by Gasteiger charge is 2.25. The van der Waals surface area contributed by atoms with Gasteiger partial charge in [-0.2, -0.15) is 0 Å². The van der Waals surface area contributed by atoms with Gasteiger partial charge in [0.05, 0.1) is 29.3 Å². The van der Waals surface area contributed by atoms with Crippen LogP contribution in [0.2, 0.25) is 10.0 Å². The van der Waals surface area contributed by atoms with Crippen LogP contribution >= 0.6 is 23.2 Å². The molecule has 0 amide bonds. The Morgan fingerprint density at radius 3 is 2.29 bits per heavy atom. The number of hydrogen-bond acceptors (Lipinski definition) is 8. The van der Waals surface area contributed by atoms with Gasteiger partial charge in [-0.05, 0) is 23.8 Å². The lowest BCUT2D eigenvalue weighted by atomic mass is 10.1. The minimum atomic E-state index is -1.11. The third kappa shape index (κ3) is 5.79. The lowest BCUT2D eigenvalue weighted by Gasteiger charge is -2.16. The number of esters is 2. The van der Waals surface area contributed by atoms with Gasteiger partial charge in [0.1, 0.15) is 17.9 Å². The Labute approximate surface area is 208 Å². The molecule has 3 aromatic rings. The highest BCUT2D eigenvalue weighted by Crippen LogP contribution is 2.23. The fourth-order valence-corrected chi connectivity index (χ4v) is 3.44. The predicted octanol–water partition coefficient (Wildman–Crippen LogP) is 2.16. The molecule has 0 fully saturated rings. The summed E-state index contributed by atoms with van der Waals surface area (Å²) in [4.78, 5) is 63.0. The number of anilines is 1. The fourth-order valence-electron chi connectivity index (χ4n) is 3.14. The number of ether oxygens (including phenoxy) is 2. The van der Waals surface area contributed by atoms with Crippen LogP contribution < -0.4 is 17.0 Å². The number of benzene rings is 2. The minimum Gasteiger partial charge on any atom is -0.468 e. The molecule has 3 rings (SSSR count). The van der Waals surface area contributed by atoms with Gasteiger partial charge in [-0.25, -0.2) is 14.2 Å². The van der Waals surface area contributed by atoms with E-state index in [-0.39, 0.29) is 22.2 Å². The van der Waals surface area contributed by atoms with Crippen LogP contribution in [-0.2, 0) is 27.4 Å². The number of halogens is 2. The largest absolute Gasteiger partial charge is 0.468 e. The summed E-state index contributed by atoms with van der Waals surface area (Å²) in [6.45, 7) is -1.69. The molecule has 10 nitrogen and oxygen atoms in total. The first kappa shape index (κ1) is 25.7. The fraction of sp³-hybridized carbons (Fsp3) is 0.174. The van der Waals surface area contributed by atoms with Crippen molar-refractivity contribution >= 4 is 46.7 Å². The summed E-state index contributed by atoms with van der Waals surface area (Å²) in [5, 5.41) is 0.328. The topological polar surface area (TPSA) is 140 Å².